The summed E-state index contributed by atoms with van der Waals surface area (Å²) >= 11 is 12.6. The van der Waals surface area contributed by atoms with Crippen molar-refractivity contribution >= 4 is 35.2 Å². The molecule has 0 unspecified atom stereocenters. The summed E-state index contributed by atoms with van der Waals surface area (Å²) in [6.07, 6.45) is 5.08. The largest absolute Gasteiger partial charge is 0.486 e. The van der Waals surface area contributed by atoms with Gasteiger partial charge in [0.15, 0.2) is 5.76 Å². The zero-order chi connectivity index (χ0) is 38.6. The van der Waals surface area contributed by atoms with E-state index in [1.54, 1.807) is 30.3 Å². The summed E-state index contributed by atoms with van der Waals surface area (Å²) in [7, 11) is 1.67. The van der Waals surface area contributed by atoms with Crippen molar-refractivity contribution in [3.8, 4) is 17.0 Å². The maximum absolute atomic E-state index is 14.7. The first-order valence-electron chi connectivity index (χ1n) is 18.0. The Morgan fingerprint density at radius 3 is 2.48 bits per heavy atom. The number of ether oxygens (including phenoxy) is 3. The lowest BCUT2D eigenvalue weighted by atomic mass is 9.79. The second kappa shape index (κ2) is 17.0. The van der Waals surface area contributed by atoms with Gasteiger partial charge in [0, 0.05) is 57.3 Å². The molecule has 0 spiro atoms. The van der Waals surface area contributed by atoms with Gasteiger partial charge >= 0.3 is 6.09 Å². The topological polar surface area (TPSA) is 107 Å². The van der Waals surface area contributed by atoms with Crippen LogP contribution in [0.1, 0.15) is 75.0 Å². The summed E-state index contributed by atoms with van der Waals surface area (Å²) < 4.78 is 50.5. The van der Waals surface area contributed by atoms with Gasteiger partial charge in [0.25, 0.3) is 0 Å². The zero-order valence-corrected chi connectivity index (χ0v) is 32.3. The van der Waals surface area contributed by atoms with Crippen LogP contribution >= 0.6 is 23.2 Å². The van der Waals surface area contributed by atoms with E-state index in [0.29, 0.717) is 36.9 Å². The molecule has 0 radical (unpaired) electrons. The van der Waals surface area contributed by atoms with Crippen molar-refractivity contribution in [2.24, 2.45) is 5.92 Å². The molecule has 6 rings (SSSR count). The minimum absolute atomic E-state index is 0.0295. The monoisotopic (exact) mass is 784 g/mol. The first kappa shape index (κ1) is 39.4. The van der Waals surface area contributed by atoms with Crippen LogP contribution in [-0.2, 0) is 33.8 Å². The summed E-state index contributed by atoms with van der Waals surface area (Å²) in [5.41, 5.74) is 1.83. The number of pyridine rings is 1. The second-order valence-corrected chi connectivity index (χ2v) is 15.5. The first-order chi connectivity index (χ1) is 25.8. The van der Waals surface area contributed by atoms with Crippen molar-refractivity contribution in [1.82, 2.24) is 19.9 Å². The van der Waals surface area contributed by atoms with Gasteiger partial charge in [-0.1, -0.05) is 40.5 Å². The molecular formula is C40H44Cl2F2N4O6. The minimum atomic E-state index is -0.769. The average Bonchev–Trinajstić information content (AvgIpc) is 3.88. The fraction of sp³-hybridized carbons (Fsp3) is 0.450. The van der Waals surface area contributed by atoms with E-state index in [4.69, 9.17) is 41.9 Å². The molecule has 0 N–H and O–H groups in total. The smallest absolute Gasteiger partial charge is 0.410 e. The number of aryl methyl sites for hydroxylation is 1. The van der Waals surface area contributed by atoms with E-state index in [2.05, 4.69) is 10.1 Å². The molecule has 4 aromatic rings. The highest BCUT2D eigenvalue weighted by molar-refractivity contribution is 6.33. The van der Waals surface area contributed by atoms with E-state index >= 15 is 0 Å². The van der Waals surface area contributed by atoms with E-state index in [9.17, 15) is 18.4 Å². The highest BCUT2D eigenvalue weighted by atomic mass is 35.5. The number of methoxy groups -OCH3 is 1. The Balaban J connectivity index is 1.19. The highest BCUT2D eigenvalue weighted by Crippen LogP contribution is 2.39. The molecule has 2 aliphatic rings. The predicted octanol–water partition coefficient (Wildman–Crippen LogP) is 9.01. The van der Waals surface area contributed by atoms with Crippen molar-refractivity contribution in [1.29, 1.82) is 0 Å². The quantitative estimate of drug-likeness (QED) is 0.0977. The Hall–Kier alpha value is -4.26. The summed E-state index contributed by atoms with van der Waals surface area (Å²) in [6.45, 7) is 7.02. The summed E-state index contributed by atoms with van der Waals surface area (Å²) in [4.78, 5) is 36.0. The fourth-order valence-corrected chi connectivity index (χ4v) is 7.09. The van der Waals surface area contributed by atoms with Crippen LogP contribution in [0, 0.1) is 17.6 Å². The Morgan fingerprint density at radius 2 is 1.78 bits per heavy atom. The van der Waals surface area contributed by atoms with E-state index in [1.807, 2.05) is 43.9 Å². The fourth-order valence-electron chi connectivity index (χ4n) is 6.67. The van der Waals surface area contributed by atoms with Crippen LogP contribution in [-0.4, -0.2) is 70.4 Å². The lowest BCUT2D eigenvalue weighted by molar-refractivity contribution is -0.139. The number of likely N-dealkylation sites (tertiary alicyclic amines) is 1. The molecule has 0 bridgehead atoms. The minimum Gasteiger partial charge on any atom is -0.486 e. The third kappa shape index (κ3) is 9.69. The molecule has 3 heterocycles. The Bertz CT molecular complexity index is 1950. The number of rotatable bonds is 13. The van der Waals surface area contributed by atoms with E-state index in [-0.39, 0.29) is 53.1 Å². The lowest BCUT2D eigenvalue weighted by Gasteiger charge is -2.40. The molecule has 288 valence electrons. The van der Waals surface area contributed by atoms with Crippen LogP contribution in [0.5, 0.6) is 5.75 Å². The summed E-state index contributed by atoms with van der Waals surface area (Å²) in [6, 6.07) is 12.9. The van der Waals surface area contributed by atoms with Crippen molar-refractivity contribution in [2.45, 2.75) is 83.6 Å². The molecule has 10 nitrogen and oxygen atoms in total. The highest BCUT2D eigenvalue weighted by Gasteiger charge is 2.43. The second-order valence-electron chi connectivity index (χ2n) is 14.7. The molecule has 14 heteroatoms. The molecule has 2 fully saturated rings. The molecule has 1 aliphatic heterocycles. The third-order valence-corrected chi connectivity index (χ3v) is 10.2. The number of aromatic nitrogens is 2. The summed E-state index contributed by atoms with van der Waals surface area (Å²) in [5, 5.41) is 3.96. The Morgan fingerprint density at radius 1 is 1.04 bits per heavy atom. The molecule has 2 amide bonds. The number of amides is 2. The van der Waals surface area contributed by atoms with Crippen LogP contribution in [0.2, 0.25) is 10.0 Å². The van der Waals surface area contributed by atoms with Crippen molar-refractivity contribution in [3.63, 3.8) is 0 Å². The van der Waals surface area contributed by atoms with Crippen LogP contribution in [0.3, 0.4) is 0 Å². The Kier molecular flexibility index (Phi) is 12.4. The average molecular weight is 786 g/mol. The lowest BCUT2D eigenvalue weighted by Crippen LogP contribution is -2.51. The number of piperidine rings is 1. The Labute approximate surface area is 323 Å². The maximum atomic E-state index is 14.7. The standard InChI is InChI=1S/C40H44Cl2F2N4O6/c1-40(2,3)53-39(50)47-16-15-30(31(22-47)38(49)48(27-9-10-27)21-25-18-26(6-5-17-51-4)45-20-32(25)41)24-7-11-28(12-8-24)52-23-29-19-35(46-54-29)36-33(43)13-14-34(44)37(36)42/h7-8,11-14,18-20,27,30-31H,5-6,9-10,15-17,21-23H2,1-4H3/t30-,31+/m1/s1. The van der Waals surface area contributed by atoms with Gasteiger partial charge in [-0.3, -0.25) is 9.78 Å². The van der Waals surface area contributed by atoms with Gasteiger partial charge in [0.2, 0.25) is 5.91 Å². The third-order valence-electron chi connectivity index (χ3n) is 9.51. The molecular weight excluding hydrogens is 741 g/mol. The van der Waals surface area contributed by atoms with Gasteiger partial charge in [-0.05, 0) is 100 Å². The number of nitrogens with zero attached hydrogens (tertiary/aromatic N) is 4. The van der Waals surface area contributed by atoms with Gasteiger partial charge in [-0.2, -0.15) is 0 Å². The number of benzene rings is 2. The molecule has 2 aromatic heterocycles. The number of carbonyl (C=O) groups excluding carboxylic acids is 2. The number of hydrogen-bond acceptors (Lipinski definition) is 8. The van der Waals surface area contributed by atoms with Gasteiger partial charge < -0.3 is 28.5 Å². The maximum Gasteiger partial charge on any atom is 0.410 e. The van der Waals surface area contributed by atoms with Crippen molar-refractivity contribution < 1.29 is 37.1 Å². The van der Waals surface area contributed by atoms with E-state index < -0.39 is 29.2 Å². The predicted molar refractivity (Wildman–Crippen MR) is 199 cm³/mol. The van der Waals surface area contributed by atoms with Crippen LogP contribution in [0.4, 0.5) is 13.6 Å². The van der Waals surface area contributed by atoms with Gasteiger partial charge in [0.05, 0.1) is 21.5 Å². The SMILES string of the molecule is COCCCc1cc(CN(C(=O)[C@H]2CN(C(=O)OC(C)(C)C)CC[C@@H]2c2ccc(OCc3cc(-c4c(F)ccc(F)c4Cl)no3)cc2)C2CC2)c(Cl)cn1. The van der Waals surface area contributed by atoms with Gasteiger partial charge in [-0.25, -0.2) is 13.6 Å². The zero-order valence-electron chi connectivity index (χ0n) is 30.7. The van der Waals surface area contributed by atoms with Crippen molar-refractivity contribution in [2.75, 3.05) is 26.8 Å². The molecule has 1 aliphatic carbocycles. The molecule has 1 saturated heterocycles. The van der Waals surface area contributed by atoms with Crippen molar-refractivity contribution in [3.05, 3.63) is 99.0 Å². The number of hydrogen-bond donors (Lipinski definition) is 0. The molecule has 54 heavy (non-hydrogen) atoms. The van der Waals surface area contributed by atoms with E-state index in [1.165, 1.54) is 6.07 Å². The van der Waals surface area contributed by atoms with E-state index in [0.717, 1.165) is 54.6 Å². The van der Waals surface area contributed by atoms with Gasteiger partial charge in [0.1, 0.15) is 35.3 Å². The normalized spacial score (nSPS) is 17.4. The number of halogens is 4. The van der Waals surface area contributed by atoms with Crippen LogP contribution < -0.4 is 4.74 Å². The number of carbonyl (C=O) groups is 2. The van der Waals surface area contributed by atoms with Crippen LogP contribution in [0.15, 0.2) is 59.3 Å². The summed E-state index contributed by atoms with van der Waals surface area (Å²) in [5.74, 6) is -1.46. The van der Waals surface area contributed by atoms with Crippen LogP contribution in [0.25, 0.3) is 11.3 Å². The molecule has 2 atom stereocenters. The first-order valence-corrected chi connectivity index (χ1v) is 18.8. The molecule has 2 aromatic carbocycles. The molecule has 1 saturated carbocycles. The van der Waals surface area contributed by atoms with Gasteiger partial charge in [-0.15, -0.1) is 0 Å².